The molecule has 0 saturated heterocycles. The molecule has 0 spiro atoms. The fraction of sp³-hybridized carbons (Fsp3) is 0.0952. The number of benzene rings is 7. The van der Waals surface area contributed by atoms with Crippen LogP contribution in [0.25, 0.3) is 87.3 Å². The van der Waals surface area contributed by atoms with Gasteiger partial charge in [-0.2, -0.15) is 0 Å². The molecule has 5 heteroatoms. The molecular weight excluding hydrogens is 1020 g/mol. The molecule has 0 radical (unpaired) electrons. The second-order valence-electron chi connectivity index (χ2n) is 17.5. The third kappa shape index (κ3) is 9.79. The molecule has 0 saturated carbocycles. The molecule has 11 rings (SSSR count). The summed E-state index contributed by atoms with van der Waals surface area (Å²) in [6.45, 7) is 4.16. The first-order valence-electron chi connectivity index (χ1n) is 23.0. The van der Waals surface area contributed by atoms with Crippen LogP contribution in [0, 0.1) is 32.0 Å². The van der Waals surface area contributed by atoms with Gasteiger partial charge in [-0.1, -0.05) is 127 Å². The SMILES string of the molecule is Cc1ccc(-c2[c-]cc(CCc3cc(CCc4c[c-]c(-c5cc(C)ccn5)cc4)cc(-c4ccccc4-c4c[c-]c(-c5cc(-c6ccc7c(c6)sc6ccccc67)ccn5)cc4)c3)cc2)nc1.[Ir+3]. The van der Waals surface area contributed by atoms with Crippen molar-refractivity contribution in [3.63, 3.8) is 0 Å². The van der Waals surface area contributed by atoms with Crippen molar-refractivity contribution >= 4 is 31.5 Å². The molecule has 0 aliphatic heterocycles. The van der Waals surface area contributed by atoms with E-state index in [1.54, 1.807) is 0 Å². The third-order valence-electron chi connectivity index (χ3n) is 12.7. The van der Waals surface area contributed by atoms with Crippen molar-refractivity contribution in [2.45, 2.75) is 39.5 Å². The van der Waals surface area contributed by atoms with Crippen LogP contribution < -0.4 is 0 Å². The maximum atomic E-state index is 4.80. The second kappa shape index (κ2) is 20.0. The van der Waals surface area contributed by atoms with Gasteiger partial charge in [0.1, 0.15) is 0 Å². The standard InChI is InChI=1S/C63H46N3S.Ir/c1-42-31-33-64-60(35-42)50-22-18-45(19-23-50)13-15-47-36-46(14-12-44-16-20-49(21-17-44)59-30-11-43(2)41-66-59)37-54(38-47)56-8-4-3-7-55(56)48-24-26-51(27-25-48)61-39-53(32-34-65-61)52-28-29-58-57-9-5-6-10-62(57)67-63(58)40-52;/h3-11,16-20,22,24-26,28-41H,12-15H2,1-2H3;/q-3;+3. The predicted octanol–water partition coefficient (Wildman–Crippen LogP) is 15.8. The zero-order valence-electron chi connectivity index (χ0n) is 37.9. The number of fused-ring (bicyclic) bond motifs is 3. The van der Waals surface area contributed by atoms with Crippen LogP contribution in [0.15, 0.2) is 195 Å². The van der Waals surface area contributed by atoms with E-state index < -0.39 is 0 Å². The van der Waals surface area contributed by atoms with Crippen LogP contribution in [0.5, 0.6) is 0 Å². The Bertz CT molecular complexity index is 3520. The van der Waals surface area contributed by atoms with Gasteiger partial charge in [0, 0.05) is 38.8 Å². The van der Waals surface area contributed by atoms with Gasteiger partial charge in [-0.05, 0) is 107 Å². The average molecular weight is 1070 g/mol. The summed E-state index contributed by atoms with van der Waals surface area (Å²) in [5.74, 6) is 0. The molecule has 0 unspecified atom stereocenters. The number of rotatable bonds is 12. The molecule has 0 aliphatic carbocycles. The first-order chi connectivity index (χ1) is 33.0. The van der Waals surface area contributed by atoms with Gasteiger partial charge in [-0.25, -0.2) is 0 Å². The Kier molecular flexibility index (Phi) is 13.1. The normalized spacial score (nSPS) is 11.2. The molecule has 0 N–H and O–H groups in total. The zero-order chi connectivity index (χ0) is 45.1. The Balaban J connectivity index is 0.00000539. The Hall–Kier alpha value is -7.14. The van der Waals surface area contributed by atoms with E-state index in [0.29, 0.717) is 0 Å². The maximum absolute atomic E-state index is 4.80. The van der Waals surface area contributed by atoms with Crippen LogP contribution in [-0.4, -0.2) is 15.0 Å². The van der Waals surface area contributed by atoms with Crippen LogP contribution in [0.3, 0.4) is 0 Å². The quantitative estimate of drug-likeness (QED) is 0.114. The van der Waals surface area contributed by atoms with E-state index in [-0.39, 0.29) is 20.1 Å². The maximum Gasteiger partial charge on any atom is 3.00 e. The van der Waals surface area contributed by atoms with E-state index in [1.807, 2.05) is 36.0 Å². The first kappa shape index (κ1) is 44.7. The summed E-state index contributed by atoms with van der Waals surface area (Å²) in [5, 5.41) is 2.62. The molecule has 0 fully saturated rings. The number of hydrogen-bond donors (Lipinski definition) is 0. The third-order valence-corrected chi connectivity index (χ3v) is 13.8. The van der Waals surface area contributed by atoms with E-state index in [1.165, 1.54) is 70.2 Å². The van der Waals surface area contributed by atoms with Crippen LogP contribution >= 0.6 is 11.3 Å². The molecule has 68 heavy (non-hydrogen) atoms. The number of nitrogens with zero attached hydrogens (tertiary/aromatic N) is 3. The second-order valence-corrected chi connectivity index (χ2v) is 18.6. The molecule has 0 amide bonds. The summed E-state index contributed by atoms with van der Waals surface area (Å²) < 4.78 is 2.61. The summed E-state index contributed by atoms with van der Waals surface area (Å²) >= 11 is 1.85. The molecule has 0 aliphatic rings. The number of aromatic nitrogens is 3. The van der Waals surface area contributed by atoms with Crippen molar-refractivity contribution in [3.05, 3.63) is 246 Å². The average Bonchev–Trinajstić information content (AvgIpc) is 3.76. The fourth-order valence-corrected chi connectivity index (χ4v) is 10.2. The molecule has 0 atom stereocenters. The largest absolute Gasteiger partial charge is 3.00 e. The Morgan fingerprint density at radius 3 is 1.65 bits per heavy atom. The van der Waals surface area contributed by atoms with Gasteiger partial charge in [-0.3, -0.25) is 0 Å². The summed E-state index contributed by atoms with van der Waals surface area (Å²) in [7, 11) is 0. The van der Waals surface area contributed by atoms with E-state index in [0.717, 1.165) is 76.1 Å². The van der Waals surface area contributed by atoms with Gasteiger partial charge in [-0.15, -0.1) is 112 Å². The van der Waals surface area contributed by atoms with Gasteiger partial charge < -0.3 is 15.0 Å². The van der Waals surface area contributed by atoms with Gasteiger partial charge >= 0.3 is 20.1 Å². The Morgan fingerprint density at radius 2 is 0.985 bits per heavy atom. The van der Waals surface area contributed by atoms with Crippen LogP contribution in [0.4, 0.5) is 0 Å². The van der Waals surface area contributed by atoms with Gasteiger partial charge in [0.2, 0.25) is 0 Å². The van der Waals surface area contributed by atoms with Gasteiger partial charge in [0.05, 0.1) is 0 Å². The molecule has 7 aromatic carbocycles. The predicted molar refractivity (Wildman–Crippen MR) is 279 cm³/mol. The Morgan fingerprint density at radius 1 is 0.397 bits per heavy atom. The molecular formula is C63H46IrN3S. The van der Waals surface area contributed by atoms with Crippen molar-refractivity contribution in [2.24, 2.45) is 0 Å². The van der Waals surface area contributed by atoms with E-state index in [4.69, 9.17) is 4.98 Å². The minimum Gasteiger partial charge on any atom is -0.305 e. The number of hydrogen-bond acceptors (Lipinski definition) is 4. The number of pyridine rings is 3. The summed E-state index contributed by atoms with van der Waals surface area (Å²) in [6, 6.07) is 74.1. The van der Waals surface area contributed by atoms with Crippen LogP contribution in [0.2, 0.25) is 0 Å². The van der Waals surface area contributed by atoms with Crippen molar-refractivity contribution in [2.75, 3.05) is 0 Å². The molecule has 3 nitrogen and oxygen atoms in total. The summed E-state index contributed by atoms with van der Waals surface area (Å²) in [6.07, 6.45) is 9.34. The molecule has 4 heterocycles. The Labute approximate surface area is 416 Å². The van der Waals surface area contributed by atoms with Crippen molar-refractivity contribution in [3.8, 4) is 67.2 Å². The van der Waals surface area contributed by atoms with Crippen molar-refractivity contribution in [1.29, 1.82) is 0 Å². The van der Waals surface area contributed by atoms with Crippen LogP contribution in [-0.2, 0) is 45.8 Å². The minimum absolute atomic E-state index is 0. The first-order valence-corrected chi connectivity index (χ1v) is 23.8. The topological polar surface area (TPSA) is 38.7 Å². The monoisotopic (exact) mass is 1070 g/mol. The van der Waals surface area contributed by atoms with E-state index in [2.05, 4.69) is 212 Å². The van der Waals surface area contributed by atoms with Gasteiger partial charge in [0.15, 0.2) is 0 Å². The molecule has 328 valence electrons. The zero-order valence-corrected chi connectivity index (χ0v) is 41.1. The number of aryl methyl sites for hydroxylation is 6. The van der Waals surface area contributed by atoms with E-state index in [9.17, 15) is 0 Å². The summed E-state index contributed by atoms with van der Waals surface area (Å²) in [4.78, 5) is 14.0. The smallest absolute Gasteiger partial charge is 0.305 e. The molecule has 11 aromatic rings. The number of thiophene rings is 1. The molecule has 4 aromatic heterocycles. The van der Waals surface area contributed by atoms with Crippen molar-refractivity contribution < 1.29 is 20.1 Å². The van der Waals surface area contributed by atoms with Crippen molar-refractivity contribution in [1.82, 2.24) is 15.0 Å². The fourth-order valence-electron chi connectivity index (χ4n) is 9.04. The van der Waals surface area contributed by atoms with Gasteiger partial charge in [0.25, 0.3) is 0 Å². The summed E-state index contributed by atoms with van der Waals surface area (Å²) in [5.41, 5.74) is 20.4. The minimum atomic E-state index is 0. The van der Waals surface area contributed by atoms with Crippen LogP contribution in [0.1, 0.15) is 33.4 Å². The van der Waals surface area contributed by atoms with E-state index >= 15 is 0 Å². The molecule has 0 bridgehead atoms.